The molecule has 0 aromatic rings. The topological polar surface area (TPSA) is 133 Å². The van der Waals surface area contributed by atoms with Crippen LogP contribution < -0.4 is 10.6 Å². The van der Waals surface area contributed by atoms with Crippen molar-refractivity contribution >= 4 is 23.8 Å². The zero-order valence-electron chi connectivity index (χ0n) is 17.5. The molecule has 0 aromatic heterocycles. The van der Waals surface area contributed by atoms with Gasteiger partial charge in [-0.05, 0) is 38.5 Å². The normalized spacial score (nSPS) is 34.5. The molecule has 4 N–H and O–H groups in total. The summed E-state index contributed by atoms with van der Waals surface area (Å²) in [7, 11) is 0. The Hall–Kier alpha value is -2.12. The first-order chi connectivity index (χ1) is 14.4. The van der Waals surface area contributed by atoms with Gasteiger partial charge in [-0.2, -0.15) is 0 Å². The highest BCUT2D eigenvalue weighted by molar-refractivity contribution is 5.86. The zero-order chi connectivity index (χ0) is 21.7. The molecule has 0 aromatic carbocycles. The number of carboxylic acids is 2. The predicted octanol–water partition coefficient (Wildman–Crippen LogP) is 2.31. The Balaban J connectivity index is 1.63. The summed E-state index contributed by atoms with van der Waals surface area (Å²) >= 11 is 0. The van der Waals surface area contributed by atoms with Crippen LogP contribution in [-0.4, -0.2) is 46.0 Å². The van der Waals surface area contributed by atoms with Crippen molar-refractivity contribution in [3.63, 3.8) is 0 Å². The van der Waals surface area contributed by atoms with E-state index in [9.17, 15) is 29.4 Å². The van der Waals surface area contributed by atoms with Gasteiger partial charge in [0.05, 0.1) is 23.7 Å². The molecule has 3 aliphatic rings. The molecule has 0 radical (unpaired) electrons. The molecule has 0 saturated heterocycles. The van der Waals surface area contributed by atoms with Crippen LogP contribution >= 0.6 is 0 Å². The molecule has 30 heavy (non-hydrogen) atoms. The van der Waals surface area contributed by atoms with Crippen LogP contribution in [0.1, 0.15) is 77.0 Å². The quantitative estimate of drug-likeness (QED) is 0.519. The maximum atomic E-state index is 12.9. The minimum absolute atomic E-state index is 0.227. The lowest BCUT2D eigenvalue weighted by molar-refractivity contribution is -0.149. The Labute approximate surface area is 177 Å². The van der Waals surface area contributed by atoms with Crippen molar-refractivity contribution in [2.24, 2.45) is 23.7 Å². The molecule has 0 heterocycles. The summed E-state index contributed by atoms with van der Waals surface area (Å²) in [6.07, 6.45) is 8.90. The number of hydrogen-bond donors (Lipinski definition) is 4. The van der Waals surface area contributed by atoms with E-state index in [1.807, 2.05) is 0 Å². The number of carboxylic acid groups (broad SMARTS) is 2. The first kappa shape index (κ1) is 22.6. The van der Waals surface area contributed by atoms with Gasteiger partial charge in [0, 0.05) is 12.1 Å². The maximum Gasteiger partial charge on any atom is 0.307 e. The van der Waals surface area contributed by atoms with Crippen LogP contribution in [0.2, 0.25) is 0 Å². The molecular weight excluding hydrogens is 388 g/mol. The monoisotopic (exact) mass is 422 g/mol. The van der Waals surface area contributed by atoms with E-state index in [1.165, 1.54) is 0 Å². The molecular formula is C22H34N2O6. The minimum atomic E-state index is -0.916. The first-order valence-electron chi connectivity index (χ1n) is 11.4. The summed E-state index contributed by atoms with van der Waals surface area (Å²) < 4.78 is 0. The third kappa shape index (κ3) is 5.32. The lowest BCUT2D eigenvalue weighted by atomic mass is 9.77. The number of nitrogens with one attached hydrogen (secondary N) is 2. The Morgan fingerprint density at radius 2 is 0.800 bits per heavy atom. The Bertz CT molecular complexity index is 610. The van der Waals surface area contributed by atoms with E-state index >= 15 is 0 Å². The second-order valence-electron chi connectivity index (χ2n) is 9.19. The average Bonchev–Trinajstić information content (AvgIpc) is 2.75. The van der Waals surface area contributed by atoms with Crippen molar-refractivity contribution in [2.75, 3.05) is 0 Å². The van der Waals surface area contributed by atoms with E-state index in [0.717, 1.165) is 51.4 Å². The molecule has 0 aliphatic heterocycles. The molecule has 2 amide bonds. The highest BCUT2D eigenvalue weighted by Crippen LogP contribution is 2.32. The van der Waals surface area contributed by atoms with Gasteiger partial charge in [-0.1, -0.05) is 38.5 Å². The molecule has 3 rings (SSSR count). The van der Waals surface area contributed by atoms with Crippen LogP contribution in [0.25, 0.3) is 0 Å². The van der Waals surface area contributed by atoms with Crippen LogP contribution in [0.4, 0.5) is 0 Å². The lowest BCUT2D eigenvalue weighted by Gasteiger charge is -2.37. The molecule has 6 atom stereocenters. The second-order valence-corrected chi connectivity index (χ2v) is 9.19. The van der Waals surface area contributed by atoms with Gasteiger partial charge in [0.2, 0.25) is 11.8 Å². The van der Waals surface area contributed by atoms with Crippen molar-refractivity contribution < 1.29 is 29.4 Å². The van der Waals surface area contributed by atoms with Crippen LogP contribution in [0.15, 0.2) is 0 Å². The molecule has 0 unspecified atom stereocenters. The number of rotatable bonds is 6. The molecule has 168 valence electrons. The van der Waals surface area contributed by atoms with Crippen LogP contribution in [0.5, 0.6) is 0 Å². The molecule has 8 heteroatoms. The van der Waals surface area contributed by atoms with Gasteiger partial charge >= 0.3 is 11.9 Å². The van der Waals surface area contributed by atoms with E-state index in [0.29, 0.717) is 25.7 Å². The lowest BCUT2D eigenvalue weighted by Crippen LogP contribution is -2.56. The van der Waals surface area contributed by atoms with Gasteiger partial charge in [-0.3, -0.25) is 19.2 Å². The van der Waals surface area contributed by atoms with Gasteiger partial charge in [-0.15, -0.1) is 0 Å². The van der Waals surface area contributed by atoms with E-state index in [1.54, 1.807) is 0 Å². The highest BCUT2D eigenvalue weighted by Gasteiger charge is 2.40. The van der Waals surface area contributed by atoms with Gasteiger partial charge < -0.3 is 20.8 Å². The minimum Gasteiger partial charge on any atom is -0.481 e. The summed E-state index contributed by atoms with van der Waals surface area (Å²) in [4.78, 5) is 48.9. The number of carbonyl (C=O) groups excluding carboxylic acids is 2. The Kier molecular flexibility index (Phi) is 7.72. The number of amides is 2. The number of aliphatic carboxylic acids is 2. The molecule has 8 nitrogen and oxygen atoms in total. The van der Waals surface area contributed by atoms with Crippen LogP contribution in [-0.2, 0) is 19.2 Å². The van der Waals surface area contributed by atoms with E-state index in [-0.39, 0.29) is 23.9 Å². The fourth-order valence-electron chi connectivity index (χ4n) is 5.54. The summed E-state index contributed by atoms with van der Waals surface area (Å²) in [5, 5.41) is 25.0. The Morgan fingerprint density at radius 3 is 1.13 bits per heavy atom. The fraction of sp³-hybridized carbons (Fsp3) is 0.818. The van der Waals surface area contributed by atoms with Crippen molar-refractivity contribution in [1.82, 2.24) is 10.6 Å². The number of carbonyl (C=O) groups is 4. The third-order valence-corrected chi connectivity index (χ3v) is 7.26. The van der Waals surface area contributed by atoms with Gasteiger partial charge in [0.25, 0.3) is 0 Å². The summed E-state index contributed by atoms with van der Waals surface area (Å²) in [6, 6.07) is -0.475. The molecule has 3 saturated carbocycles. The third-order valence-electron chi connectivity index (χ3n) is 7.26. The highest BCUT2D eigenvalue weighted by atomic mass is 16.4. The Morgan fingerprint density at radius 1 is 0.500 bits per heavy atom. The van der Waals surface area contributed by atoms with Gasteiger partial charge in [0.1, 0.15) is 0 Å². The van der Waals surface area contributed by atoms with Crippen LogP contribution in [0, 0.1) is 23.7 Å². The van der Waals surface area contributed by atoms with Gasteiger partial charge in [0.15, 0.2) is 0 Å². The zero-order valence-corrected chi connectivity index (χ0v) is 17.5. The standard InChI is InChI=1S/C22H34N2O6/c25-19(13-7-1-3-9-15(13)21(27)28)23-17-11-5-6-12-18(17)24-20(26)14-8-2-4-10-16(14)22(29)30/h13-18H,1-12H2,(H,23,25)(H,24,26)(H,27,28)(H,29,30)/t13-,14+,15+,16-,17-,18-/m1/s1. The fourth-order valence-corrected chi connectivity index (χ4v) is 5.54. The second kappa shape index (κ2) is 10.3. The first-order valence-corrected chi connectivity index (χ1v) is 11.4. The van der Waals surface area contributed by atoms with Crippen molar-refractivity contribution in [1.29, 1.82) is 0 Å². The summed E-state index contributed by atoms with van der Waals surface area (Å²) in [6.45, 7) is 0. The summed E-state index contributed by atoms with van der Waals surface area (Å²) in [5.74, 6) is -4.62. The van der Waals surface area contributed by atoms with E-state index in [4.69, 9.17) is 0 Å². The maximum absolute atomic E-state index is 12.9. The summed E-state index contributed by atoms with van der Waals surface area (Å²) in [5.41, 5.74) is 0. The van der Waals surface area contributed by atoms with E-state index in [2.05, 4.69) is 10.6 Å². The predicted molar refractivity (Wildman–Crippen MR) is 108 cm³/mol. The SMILES string of the molecule is O=C(O)[C@H]1CCCC[C@H]1C(=O)N[C@@H]1CCCC[C@H]1NC(=O)[C@H]1CCCC[C@H]1C(=O)O. The average molecular weight is 423 g/mol. The molecule has 3 fully saturated rings. The molecule has 3 aliphatic carbocycles. The number of hydrogen-bond acceptors (Lipinski definition) is 4. The van der Waals surface area contributed by atoms with Crippen molar-refractivity contribution in [2.45, 2.75) is 89.1 Å². The van der Waals surface area contributed by atoms with Crippen LogP contribution in [0.3, 0.4) is 0 Å². The molecule has 0 spiro atoms. The van der Waals surface area contributed by atoms with Crippen molar-refractivity contribution in [3.8, 4) is 0 Å². The van der Waals surface area contributed by atoms with Crippen molar-refractivity contribution in [3.05, 3.63) is 0 Å². The largest absolute Gasteiger partial charge is 0.481 e. The van der Waals surface area contributed by atoms with Gasteiger partial charge in [-0.25, -0.2) is 0 Å². The smallest absolute Gasteiger partial charge is 0.307 e. The van der Waals surface area contributed by atoms with E-state index < -0.39 is 35.6 Å². The molecule has 0 bridgehead atoms.